The van der Waals surface area contributed by atoms with Gasteiger partial charge in [0.05, 0.1) is 31.0 Å². The molecule has 0 bridgehead atoms. The zero-order valence-electron chi connectivity index (χ0n) is 18.0. The number of rotatable bonds is 4. The fourth-order valence-corrected chi connectivity index (χ4v) is 6.19. The lowest BCUT2D eigenvalue weighted by Crippen LogP contribution is -2.67. The van der Waals surface area contributed by atoms with Crippen LogP contribution in [0.3, 0.4) is 0 Å². The van der Waals surface area contributed by atoms with Crippen LogP contribution >= 0.6 is 0 Å². The minimum Gasteiger partial charge on any atom is -0.497 e. The lowest BCUT2D eigenvalue weighted by Gasteiger charge is -2.53. The van der Waals surface area contributed by atoms with Crippen molar-refractivity contribution >= 4 is 21.8 Å². The highest BCUT2D eigenvalue weighted by Gasteiger charge is 2.57. The monoisotopic (exact) mass is 439 g/mol. The number of benzene rings is 1. The van der Waals surface area contributed by atoms with Gasteiger partial charge >= 0.3 is 0 Å². The Morgan fingerprint density at radius 1 is 1.20 bits per heavy atom. The molecule has 10 heteroatoms. The van der Waals surface area contributed by atoms with Gasteiger partial charge in [-0.1, -0.05) is 0 Å². The number of carbonyl (C=O) groups excluding carboxylic acids is 2. The molecule has 2 amide bonds. The normalized spacial score (nSPS) is 25.9. The van der Waals surface area contributed by atoms with Crippen molar-refractivity contribution in [3.05, 3.63) is 23.8 Å². The summed E-state index contributed by atoms with van der Waals surface area (Å²) in [6.07, 6.45) is 0.574. The van der Waals surface area contributed by atoms with E-state index < -0.39 is 21.5 Å². The highest BCUT2D eigenvalue weighted by molar-refractivity contribution is 7.89. The van der Waals surface area contributed by atoms with E-state index in [1.54, 1.807) is 37.2 Å². The predicted molar refractivity (Wildman–Crippen MR) is 111 cm³/mol. The lowest BCUT2D eigenvalue weighted by molar-refractivity contribution is -0.147. The predicted octanol–water partition coefficient (Wildman–Crippen LogP) is 0.658. The molecule has 166 valence electrons. The van der Waals surface area contributed by atoms with Crippen molar-refractivity contribution in [2.24, 2.45) is 5.41 Å². The van der Waals surface area contributed by atoms with Crippen molar-refractivity contribution in [2.45, 2.75) is 18.9 Å². The molecule has 2 atom stereocenters. The maximum absolute atomic E-state index is 13.3. The van der Waals surface area contributed by atoms with E-state index in [0.29, 0.717) is 30.0 Å². The maximum Gasteiger partial charge on any atom is 0.257 e. The van der Waals surface area contributed by atoms with Crippen LogP contribution in [0.1, 0.15) is 23.2 Å². The summed E-state index contributed by atoms with van der Waals surface area (Å²) >= 11 is 0. The molecular weight excluding hydrogens is 410 g/mol. The Balaban J connectivity index is 1.97. The lowest BCUT2D eigenvalue weighted by atomic mass is 9.72. The van der Waals surface area contributed by atoms with E-state index in [0.717, 1.165) is 0 Å². The van der Waals surface area contributed by atoms with Gasteiger partial charge in [-0.15, -0.1) is 0 Å². The Hall–Kier alpha value is -2.33. The van der Waals surface area contributed by atoms with E-state index in [4.69, 9.17) is 9.47 Å². The summed E-state index contributed by atoms with van der Waals surface area (Å²) in [6.45, 7) is 0.504. The molecule has 0 saturated carbocycles. The third kappa shape index (κ3) is 3.62. The molecule has 0 radical (unpaired) electrons. The molecule has 0 N–H and O–H groups in total. The Morgan fingerprint density at radius 2 is 1.90 bits per heavy atom. The van der Waals surface area contributed by atoms with Crippen molar-refractivity contribution in [3.8, 4) is 11.5 Å². The molecule has 3 rings (SSSR count). The summed E-state index contributed by atoms with van der Waals surface area (Å²) in [4.78, 5) is 29.7. The van der Waals surface area contributed by atoms with Crippen LogP contribution in [0.4, 0.5) is 0 Å². The highest BCUT2D eigenvalue weighted by Crippen LogP contribution is 2.43. The van der Waals surface area contributed by atoms with Gasteiger partial charge in [-0.25, -0.2) is 12.7 Å². The van der Waals surface area contributed by atoms with Crippen molar-refractivity contribution in [3.63, 3.8) is 0 Å². The second kappa shape index (κ2) is 8.07. The number of carbonyl (C=O) groups is 2. The van der Waals surface area contributed by atoms with Crippen molar-refractivity contribution in [1.82, 2.24) is 14.1 Å². The van der Waals surface area contributed by atoms with Crippen LogP contribution in [-0.4, -0.2) is 94.6 Å². The first-order valence-electron chi connectivity index (χ1n) is 9.76. The number of nitrogens with zero attached hydrogens (tertiary/aromatic N) is 3. The quantitative estimate of drug-likeness (QED) is 0.684. The fraction of sp³-hybridized carbons (Fsp3) is 0.600. The molecule has 0 aromatic heterocycles. The smallest absolute Gasteiger partial charge is 0.257 e. The molecule has 2 fully saturated rings. The Bertz CT molecular complexity index is 948. The third-order valence-corrected chi connectivity index (χ3v) is 8.08. The average molecular weight is 440 g/mol. The Morgan fingerprint density at radius 3 is 2.50 bits per heavy atom. The molecule has 1 aromatic rings. The molecule has 2 aliphatic heterocycles. The van der Waals surface area contributed by atoms with Gasteiger partial charge in [-0.3, -0.25) is 9.59 Å². The van der Waals surface area contributed by atoms with Gasteiger partial charge in [0.15, 0.2) is 0 Å². The van der Waals surface area contributed by atoms with Gasteiger partial charge in [0.25, 0.3) is 5.91 Å². The number of amides is 2. The fourth-order valence-electron chi connectivity index (χ4n) is 4.59. The molecule has 0 spiro atoms. The van der Waals surface area contributed by atoms with Crippen LogP contribution < -0.4 is 9.47 Å². The minimum absolute atomic E-state index is 0.118. The van der Waals surface area contributed by atoms with E-state index >= 15 is 0 Å². The standard InChI is InChI=1S/C20H29N3O6S/c1-21(2)19(25)20-9-11-30(26,27)22(3)17(20)8-10-23(13-20)18(24)15-7-6-14(28-4)12-16(15)29-5/h6-7,12,17H,8-11,13H2,1-5H3/t17-,20+/m1/s1. The van der Waals surface area contributed by atoms with E-state index in [1.165, 1.54) is 30.5 Å². The number of methoxy groups -OCH3 is 2. The zero-order valence-corrected chi connectivity index (χ0v) is 18.9. The third-order valence-electron chi connectivity index (χ3n) is 6.23. The number of fused-ring (bicyclic) bond motifs is 1. The number of piperidine rings is 1. The first kappa shape index (κ1) is 22.4. The van der Waals surface area contributed by atoms with Crippen LogP contribution in [0, 0.1) is 5.41 Å². The van der Waals surface area contributed by atoms with E-state index in [1.807, 2.05) is 0 Å². The van der Waals surface area contributed by atoms with E-state index in [-0.39, 0.29) is 30.5 Å². The van der Waals surface area contributed by atoms with E-state index in [9.17, 15) is 18.0 Å². The Kier molecular flexibility index (Phi) is 6.01. The molecule has 2 saturated heterocycles. The summed E-state index contributed by atoms with van der Waals surface area (Å²) in [7, 11) is 4.45. The molecule has 1 aromatic carbocycles. The van der Waals surface area contributed by atoms with Gasteiger partial charge in [-0.05, 0) is 25.0 Å². The van der Waals surface area contributed by atoms with Gasteiger partial charge < -0.3 is 19.3 Å². The van der Waals surface area contributed by atoms with Crippen LogP contribution in [0.2, 0.25) is 0 Å². The largest absolute Gasteiger partial charge is 0.497 e. The number of ether oxygens (including phenoxy) is 2. The highest BCUT2D eigenvalue weighted by atomic mass is 32.2. The van der Waals surface area contributed by atoms with Crippen LogP contribution in [0.25, 0.3) is 0 Å². The summed E-state index contributed by atoms with van der Waals surface area (Å²) in [5.74, 6) is 0.426. The first-order valence-corrected chi connectivity index (χ1v) is 11.4. The van der Waals surface area contributed by atoms with Crippen LogP contribution in [0.15, 0.2) is 18.2 Å². The number of sulfonamides is 1. The van der Waals surface area contributed by atoms with Gasteiger partial charge in [0, 0.05) is 46.3 Å². The topological polar surface area (TPSA) is 96.5 Å². The minimum atomic E-state index is -3.41. The number of likely N-dealkylation sites (tertiary alicyclic amines) is 1. The van der Waals surface area contributed by atoms with Gasteiger partial charge in [0.1, 0.15) is 11.5 Å². The molecule has 30 heavy (non-hydrogen) atoms. The zero-order chi connectivity index (χ0) is 22.3. The maximum atomic E-state index is 13.3. The second-order valence-electron chi connectivity index (χ2n) is 8.04. The number of hydrogen-bond acceptors (Lipinski definition) is 6. The summed E-state index contributed by atoms with van der Waals surface area (Å²) < 4.78 is 36.8. The molecular formula is C20H29N3O6S. The summed E-state index contributed by atoms with van der Waals surface area (Å²) in [5.41, 5.74) is -0.599. The second-order valence-corrected chi connectivity index (χ2v) is 10.2. The van der Waals surface area contributed by atoms with E-state index in [2.05, 4.69) is 0 Å². The van der Waals surface area contributed by atoms with Crippen molar-refractivity contribution in [1.29, 1.82) is 0 Å². The number of hydrogen-bond donors (Lipinski definition) is 0. The average Bonchev–Trinajstić information content (AvgIpc) is 2.74. The van der Waals surface area contributed by atoms with Crippen molar-refractivity contribution < 1.29 is 27.5 Å². The van der Waals surface area contributed by atoms with Gasteiger partial charge in [0.2, 0.25) is 15.9 Å². The molecule has 2 aliphatic rings. The first-order chi connectivity index (χ1) is 14.1. The van der Waals surface area contributed by atoms with Gasteiger partial charge in [-0.2, -0.15) is 0 Å². The SMILES string of the molecule is COc1ccc(C(=O)N2CC[C@H]3N(C)S(=O)(=O)CC[C@]3(C(=O)N(C)C)C2)c(OC)c1. The van der Waals surface area contributed by atoms with Crippen LogP contribution in [-0.2, 0) is 14.8 Å². The molecule has 2 heterocycles. The van der Waals surface area contributed by atoms with Crippen LogP contribution in [0.5, 0.6) is 11.5 Å². The Labute approximate surface area is 177 Å². The molecule has 0 aliphatic carbocycles. The molecule has 0 unspecified atom stereocenters. The van der Waals surface area contributed by atoms with Crippen molar-refractivity contribution in [2.75, 3.05) is 54.2 Å². The molecule has 9 nitrogen and oxygen atoms in total. The summed E-state index contributed by atoms with van der Waals surface area (Å²) in [6, 6.07) is 4.49. The summed E-state index contributed by atoms with van der Waals surface area (Å²) in [5, 5.41) is 0.